The van der Waals surface area contributed by atoms with E-state index in [2.05, 4.69) is 53.8 Å². The lowest BCUT2D eigenvalue weighted by atomic mass is 10.1. The molecule has 1 heterocycles. The van der Waals surface area contributed by atoms with Gasteiger partial charge in [-0.15, -0.1) is 0 Å². The molecular weight excluding hydrogens is 210 g/mol. The van der Waals surface area contributed by atoms with E-state index in [1.54, 1.807) is 0 Å². The Morgan fingerprint density at radius 3 is 2.82 bits per heavy atom. The third-order valence-corrected chi connectivity index (χ3v) is 3.50. The minimum atomic E-state index is 0.668. The number of anilines is 1. The van der Waals surface area contributed by atoms with E-state index in [-0.39, 0.29) is 0 Å². The summed E-state index contributed by atoms with van der Waals surface area (Å²) in [6.07, 6.45) is 1.19. The van der Waals surface area contributed by atoms with Crippen molar-refractivity contribution in [2.45, 2.75) is 19.4 Å². The summed E-state index contributed by atoms with van der Waals surface area (Å²) in [6.45, 7) is 6.56. The molecule has 2 rings (SSSR count). The largest absolute Gasteiger partial charge is 0.385 e. The molecule has 2 N–H and O–H groups in total. The summed E-state index contributed by atoms with van der Waals surface area (Å²) in [6, 6.07) is 9.27. The first kappa shape index (κ1) is 12.4. The Balaban J connectivity index is 1.73. The fourth-order valence-corrected chi connectivity index (χ4v) is 2.24. The fraction of sp³-hybridized carbons (Fsp3) is 0.571. The van der Waals surface area contributed by atoms with Gasteiger partial charge in [-0.1, -0.05) is 17.7 Å². The molecule has 0 amide bonds. The van der Waals surface area contributed by atoms with Crippen LogP contribution in [0.15, 0.2) is 24.3 Å². The number of likely N-dealkylation sites (N-methyl/N-ethyl adjacent to an activating group) is 1. The minimum Gasteiger partial charge on any atom is -0.385 e. The number of hydrogen-bond acceptors (Lipinski definition) is 3. The molecule has 1 aromatic rings. The van der Waals surface area contributed by atoms with Crippen LogP contribution in [0.2, 0.25) is 0 Å². The Kier molecular flexibility index (Phi) is 4.40. The maximum Gasteiger partial charge on any atom is 0.0340 e. The molecule has 3 nitrogen and oxygen atoms in total. The van der Waals surface area contributed by atoms with Crippen molar-refractivity contribution in [3.05, 3.63) is 29.8 Å². The highest BCUT2D eigenvalue weighted by atomic mass is 15.2. The van der Waals surface area contributed by atoms with E-state index >= 15 is 0 Å². The molecule has 3 heteroatoms. The van der Waals surface area contributed by atoms with E-state index in [0.29, 0.717) is 6.04 Å². The third-order valence-electron chi connectivity index (χ3n) is 3.50. The van der Waals surface area contributed by atoms with Gasteiger partial charge < -0.3 is 15.5 Å². The Bertz CT molecular complexity index is 334. The molecule has 0 aromatic heterocycles. The Morgan fingerprint density at radius 1 is 1.35 bits per heavy atom. The van der Waals surface area contributed by atoms with E-state index in [1.165, 1.54) is 17.7 Å². The van der Waals surface area contributed by atoms with Gasteiger partial charge in [0.2, 0.25) is 0 Å². The van der Waals surface area contributed by atoms with Gasteiger partial charge in [-0.3, -0.25) is 0 Å². The summed E-state index contributed by atoms with van der Waals surface area (Å²) >= 11 is 0. The second-order valence-electron chi connectivity index (χ2n) is 4.92. The predicted molar refractivity (Wildman–Crippen MR) is 73.6 cm³/mol. The summed E-state index contributed by atoms with van der Waals surface area (Å²) in [5.41, 5.74) is 2.54. The molecule has 1 unspecified atom stereocenters. The molecule has 0 spiro atoms. The number of benzene rings is 1. The molecule has 17 heavy (non-hydrogen) atoms. The van der Waals surface area contributed by atoms with Crippen LogP contribution >= 0.6 is 0 Å². The van der Waals surface area contributed by atoms with Crippen molar-refractivity contribution >= 4 is 5.69 Å². The zero-order valence-corrected chi connectivity index (χ0v) is 10.9. The molecule has 0 bridgehead atoms. The molecule has 1 aliphatic rings. The Morgan fingerprint density at radius 2 is 2.12 bits per heavy atom. The first-order valence-corrected chi connectivity index (χ1v) is 6.47. The van der Waals surface area contributed by atoms with E-state index in [4.69, 9.17) is 0 Å². The molecule has 1 atom stereocenters. The van der Waals surface area contributed by atoms with Crippen LogP contribution in [0.3, 0.4) is 0 Å². The van der Waals surface area contributed by atoms with Crippen LogP contribution in [-0.4, -0.2) is 44.2 Å². The minimum absolute atomic E-state index is 0.668. The van der Waals surface area contributed by atoms with Crippen LogP contribution < -0.4 is 10.6 Å². The smallest absolute Gasteiger partial charge is 0.0340 e. The van der Waals surface area contributed by atoms with Gasteiger partial charge in [0.1, 0.15) is 0 Å². The van der Waals surface area contributed by atoms with E-state index in [9.17, 15) is 0 Å². The maximum absolute atomic E-state index is 3.49. The van der Waals surface area contributed by atoms with Crippen LogP contribution in [0.4, 0.5) is 5.69 Å². The predicted octanol–water partition coefficient (Wildman–Crippen LogP) is 1.70. The van der Waals surface area contributed by atoms with Gasteiger partial charge in [-0.2, -0.15) is 0 Å². The quantitative estimate of drug-likeness (QED) is 0.829. The lowest BCUT2D eigenvalue weighted by molar-refractivity contribution is 0.194. The van der Waals surface area contributed by atoms with Gasteiger partial charge in [0.25, 0.3) is 0 Å². The van der Waals surface area contributed by atoms with Gasteiger partial charge in [0.05, 0.1) is 0 Å². The topological polar surface area (TPSA) is 27.3 Å². The van der Waals surface area contributed by atoms with Crippen molar-refractivity contribution in [1.29, 1.82) is 0 Å². The lowest BCUT2D eigenvalue weighted by Gasteiger charge is -2.33. The van der Waals surface area contributed by atoms with Gasteiger partial charge in [0.15, 0.2) is 0 Å². The summed E-state index contributed by atoms with van der Waals surface area (Å²) in [4.78, 5) is 2.45. The number of nitrogens with one attached hydrogen (secondary N) is 2. The van der Waals surface area contributed by atoms with Crippen molar-refractivity contribution in [1.82, 2.24) is 10.2 Å². The fourth-order valence-electron chi connectivity index (χ4n) is 2.24. The molecule has 0 aliphatic carbocycles. The molecule has 1 aliphatic heterocycles. The van der Waals surface area contributed by atoms with Crippen LogP contribution in [0.5, 0.6) is 0 Å². The van der Waals surface area contributed by atoms with E-state index in [0.717, 1.165) is 26.2 Å². The third kappa shape index (κ3) is 3.72. The summed E-state index contributed by atoms with van der Waals surface area (Å²) in [5, 5.41) is 6.94. The lowest BCUT2D eigenvalue weighted by Crippen LogP contribution is -2.49. The highest BCUT2D eigenvalue weighted by Crippen LogP contribution is 2.10. The highest BCUT2D eigenvalue weighted by molar-refractivity contribution is 5.44. The number of nitrogens with zero attached hydrogens (tertiary/aromatic N) is 1. The Labute approximate surface area is 104 Å². The van der Waals surface area contributed by atoms with Crippen LogP contribution in [0.1, 0.15) is 12.0 Å². The van der Waals surface area contributed by atoms with Crippen molar-refractivity contribution in [3.8, 4) is 0 Å². The maximum atomic E-state index is 3.49. The number of hydrogen-bond donors (Lipinski definition) is 2. The molecule has 94 valence electrons. The number of rotatable bonds is 4. The van der Waals surface area contributed by atoms with Gasteiger partial charge >= 0.3 is 0 Å². The average molecular weight is 233 g/mol. The normalized spacial score (nSPS) is 21.4. The summed E-state index contributed by atoms with van der Waals surface area (Å²) in [7, 11) is 2.22. The zero-order chi connectivity index (χ0) is 12.1. The summed E-state index contributed by atoms with van der Waals surface area (Å²) in [5.74, 6) is 0. The second kappa shape index (κ2) is 6.03. The van der Waals surface area contributed by atoms with Gasteiger partial charge in [0, 0.05) is 37.9 Å². The molecule has 1 aromatic carbocycles. The number of piperazine rings is 1. The molecule has 0 saturated carbocycles. The van der Waals surface area contributed by atoms with Crippen molar-refractivity contribution < 1.29 is 0 Å². The molecule has 0 radical (unpaired) electrons. The highest BCUT2D eigenvalue weighted by Gasteiger charge is 2.17. The first-order valence-electron chi connectivity index (χ1n) is 6.47. The monoisotopic (exact) mass is 233 g/mol. The second-order valence-corrected chi connectivity index (χ2v) is 4.92. The molecule has 1 fully saturated rings. The van der Waals surface area contributed by atoms with E-state index in [1.807, 2.05) is 0 Å². The summed E-state index contributed by atoms with van der Waals surface area (Å²) < 4.78 is 0. The van der Waals surface area contributed by atoms with Crippen molar-refractivity contribution in [2.75, 3.05) is 38.5 Å². The zero-order valence-electron chi connectivity index (χ0n) is 10.9. The SMILES string of the molecule is Cc1ccc(NCCC2CNCCN2C)cc1. The average Bonchev–Trinajstić information content (AvgIpc) is 2.34. The Hall–Kier alpha value is -1.06. The standard InChI is InChI=1S/C14H23N3/c1-12-3-5-13(6-4-12)16-8-7-14-11-15-9-10-17(14)2/h3-6,14-16H,7-11H2,1-2H3. The van der Waals surface area contributed by atoms with Crippen molar-refractivity contribution in [2.24, 2.45) is 0 Å². The van der Waals surface area contributed by atoms with Crippen LogP contribution in [0, 0.1) is 6.92 Å². The molecular formula is C14H23N3. The van der Waals surface area contributed by atoms with E-state index < -0.39 is 0 Å². The van der Waals surface area contributed by atoms with Crippen LogP contribution in [0.25, 0.3) is 0 Å². The van der Waals surface area contributed by atoms with Gasteiger partial charge in [-0.25, -0.2) is 0 Å². The van der Waals surface area contributed by atoms with Crippen LogP contribution in [-0.2, 0) is 0 Å². The first-order chi connectivity index (χ1) is 8.25. The molecule has 1 saturated heterocycles. The van der Waals surface area contributed by atoms with Crippen molar-refractivity contribution in [3.63, 3.8) is 0 Å². The van der Waals surface area contributed by atoms with Gasteiger partial charge in [-0.05, 0) is 32.5 Å². The number of aryl methyl sites for hydroxylation is 1.